The van der Waals surface area contributed by atoms with Crippen molar-refractivity contribution >= 4 is 11.9 Å². The summed E-state index contributed by atoms with van der Waals surface area (Å²) in [6.07, 6.45) is 0. The van der Waals surface area contributed by atoms with E-state index >= 15 is 0 Å². The molecule has 0 aromatic heterocycles. The third-order valence-corrected chi connectivity index (χ3v) is 1.36. The molecule has 0 atom stereocenters. The molecule has 0 aliphatic heterocycles. The van der Waals surface area contributed by atoms with Gasteiger partial charge in [-0.25, -0.2) is 0 Å². The van der Waals surface area contributed by atoms with E-state index < -0.39 is 11.9 Å². The number of carbonyl (C=O) groups is 2. The van der Waals surface area contributed by atoms with Crippen molar-refractivity contribution in [1.82, 2.24) is 0 Å². The Morgan fingerprint density at radius 3 is 2.36 bits per heavy atom. The summed E-state index contributed by atoms with van der Waals surface area (Å²) in [4.78, 5) is 21.1. The van der Waals surface area contributed by atoms with E-state index in [2.05, 4.69) is 4.74 Å². The van der Waals surface area contributed by atoms with Crippen LogP contribution in [0.15, 0.2) is 24.3 Å². The van der Waals surface area contributed by atoms with Crippen LogP contribution in [-0.2, 0) is 4.79 Å². The van der Waals surface area contributed by atoms with Crippen molar-refractivity contribution in [2.75, 3.05) is 0 Å². The van der Waals surface area contributed by atoms with E-state index in [9.17, 15) is 14.7 Å². The molecular formula is C9H7ClO4-2. The number of carbonyl (C=O) groups excluding carboxylic acids is 2. The number of carboxylic acids is 1. The molecule has 0 fully saturated rings. The molecule has 0 N–H and O–H groups in total. The average Bonchev–Trinajstić information content (AvgIpc) is 2.03. The Bertz CT molecular complexity index is 348. The van der Waals surface area contributed by atoms with Gasteiger partial charge in [-0.15, -0.1) is 0 Å². The van der Waals surface area contributed by atoms with Crippen LogP contribution >= 0.6 is 0 Å². The van der Waals surface area contributed by atoms with Crippen molar-refractivity contribution in [2.24, 2.45) is 0 Å². The van der Waals surface area contributed by atoms with Crippen molar-refractivity contribution < 1.29 is 31.8 Å². The molecule has 0 bridgehead atoms. The fraction of sp³-hybridized carbons (Fsp3) is 0.111. The molecule has 0 aliphatic rings. The van der Waals surface area contributed by atoms with Crippen LogP contribution in [0.4, 0.5) is 0 Å². The second-order valence-electron chi connectivity index (χ2n) is 2.38. The van der Waals surface area contributed by atoms with Gasteiger partial charge < -0.3 is 27.0 Å². The van der Waals surface area contributed by atoms with Gasteiger partial charge in [-0.3, -0.25) is 4.79 Å². The van der Waals surface area contributed by atoms with Gasteiger partial charge >= 0.3 is 5.97 Å². The first-order valence-corrected chi connectivity index (χ1v) is 3.60. The normalized spacial score (nSPS) is 8.64. The topological polar surface area (TPSA) is 66.4 Å². The van der Waals surface area contributed by atoms with Gasteiger partial charge in [0.1, 0.15) is 5.75 Å². The molecule has 0 saturated heterocycles. The fourth-order valence-electron chi connectivity index (χ4n) is 0.879. The summed E-state index contributed by atoms with van der Waals surface area (Å²) < 4.78 is 4.65. The van der Waals surface area contributed by atoms with Crippen molar-refractivity contribution in [1.29, 1.82) is 0 Å². The number of hydrogen-bond acceptors (Lipinski definition) is 4. The van der Waals surface area contributed by atoms with E-state index in [4.69, 9.17) is 0 Å². The second kappa shape index (κ2) is 5.24. The maximum absolute atomic E-state index is 10.6. The van der Waals surface area contributed by atoms with Gasteiger partial charge in [0.15, 0.2) is 0 Å². The first-order chi connectivity index (χ1) is 6.11. The minimum Gasteiger partial charge on any atom is -1.00 e. The van der Waals surface area contributed by atoms with Crippen LogP contribution in [0.25, 0.3) is 0 Å². The zero-order valence-electron chi connectivity index (χ0n) is 7.32. The molecule has 1 aromatic carbocycles. The minimum absolute atomic E-state index is 0. The van der Waals surface area contributed by atoms with Crippen LogP contribution in [0.2, 0.25) is 0 Å². The lowest BCUT2D eigenvalue weighted by molar-refractivity contribution is -0.255. The number of para-hydroxylation sites is 1. The van der Waals surface area contributed by atoms with E-state index in [1.54, 1.807) is 6.07 Å². The molecule has 76 valence electrons. The summed E-state index contributed by atoms with van der Waals surface area (Å²) >= 11 is 0. The highest BCUT2D eigenvalue weighted by Gasteiger charge is 2.04. The van der Waals surface area contributed by atoms with Gasteiger partial charge in [-0.2, -0.15) is 0 Å². The van der Waals surface area contributed by atoms with Crippen molar-refractivity contribution in [3.05, 3.63) is 29.8 Å². The zero-order valence-corrected chi connectivity index (χ0v) is 8.08. The van der Waals surface area contributed by atoms with Gasteiger partial charge in [-0.1, -0.05) is 12.1 Å². The Morgan fingerprint density at radius 2 is 1.86 bits per heavy atom. The Balaban J connectivity index is 0.00000169. The maximum atomic E-state index is 10.6. The Labute approximate surface area is 86.9 Å². The number of esters is 1. The number of hydrogen-bond donors (Lipinski definition) is 0. The highest BCUT2D eigenvalue weighted by molar-refractivity contribution is 5.90. The number of rotatable bonds is 2. The van der Waals surface area contributed by atoms with Gasteiger partial charge in [0.25, 0.3) is 0 Å². The smallest absolute Gasteiger partial charge is 0.308 e. The maximum Gasteiger partial charge on any atom is 0.308 e. The predicted molar refractivity (Wildman–Crippen MR) is 42.1 cm³/mol. The molecule has 1 rings (SSSR count). The molecule has 4 nitrogen and oxygen atoms in total. The molecule has 14 heavy (non-hydrogen) atoms. The summed E-state index contributed by atoms with van der Waals surface area (Å²) in [6.45, 7) is 1.20. The van der Waals surface area contributed by atoms with Crippen molar-refractivity contribution in [2.45, 2.75) is 6.92 Å². The summed E-state index contributed by atoms with van der Waals surface area (Å²) in [6, 6.07) is 5.81. The van der Waals surface area contributed by atoms with E-state index in [0.717, 1.165) is 0 Å². The average molecular weight is 215 g/mol. The lowest BCUT2D eigenvalue weighted by atomic mass is 10.2. The number of ether oxygens (including phenoxy) is 1. The van der Waals surface area contributed by atoms with Crippen LogP contribution in [0.5, 0.6) is 5.75 Å². The van der Waals surface area contributed by atoms with E-state index in [0.29, 0.717) is 0 Å². The van der Waals surface area contributed by atoms with Crippen LogP contribution in [0, 0.1) is 0 Å². The molecule has 0 heterocycles. The number of carboxylic acid groups (broad SMARTS) is 1. The fourth-order valence-corrected chi connectivity index (χ4v) is 0.879. The highest BCUT2D eigenvalue weighted by atomic mass is 35.5. The molecule has 0 saturated carbocycles. The largest absolute Gasteiger partial charge is 1.00 e. The van der Waals surface area contributed by atoms with Gasteiger partial charge in [0.05, 0.1) is 5.97 Å². The quantitative estimate of drug-likeness (QED) is 0.388. The van der Waals surface area contributed by atoms with Crippen LogP contribution in [-0.4, -0.2) is 11.9 Å². The third kappa shape index (κ3) is 3.06. The van der Waals surface area contributed by atoms with E-state index in [1.165, 1.54) is 25.1 Å². The summed E-state index contributed by atoms with van der Waals surface area (Å²) in [5.41, 5.74) is -0.127. The first-order valence-electron chi connectivity index (χ1n) is 3.60. The molecule has 0 radical (unpaired) electrons. The molecule has 0 spiro atoms. The van der Waals surface area contributed by atoms with Crippen LogP contribution in [0.3, 0.4) is 0 Å². The number of aromatic carboxylic acids is 1. The molecule has 0 unspecified atom stereocenters. The van der Waals surface area contributed by atoms with Crippen LogP contribution in [0.1, 0.15) is 17.3 Å². The number of halogens is 1. The standard InChI is InChI=1S/C9H8O4.ClH/c1-6(10)13-8-5-3-2-4-7(8)9(11)12;/h2-5H,1H3,(H,11,12);1H/p-2. The lowest BCUT2D eigenvalue weighted by Gasteiger charge is -2.08. The summed E-state index contributed by atoms with van der Waals surface area (Å²) in [7, 11) is 0. The van der Waals surface area contributed by atoms with Gasteiger partial charge in [-0.05, 0) is 12.1 Å². The molecule has 0 aliphatic carbocycles. The van der Waals surface area contributed by atoms with Gasteiger partial charge in [0, 0.05) is 12.5 Å². The highest BCUT2D eigenvalue weighted by Crippen LogP contribution is 2.16. The summed E-state index contributed by atoms with van der Waals surface area (Å²) in [5.74, 6) is -1.92. The van der Waals surface area contributed by atoms with E-state index in [-0.39, 0.29) is 23.7 Å². The Morgan fingerprint density at radius 1 is 1.29 bits per heavy atom. The molecule has 0 amide bonds. The monoisotopic (exact) mass is 214 g/mol. The van der Waals surface area contributed by atoms with Crippen molar-refractivity contribution in [3.63, 3.8) is 0 Å². The first kappa shape index (κ1) is 12.4. The summed E-state index contributed by atoms with van der Waals surface area (Å²) in [5, 5.41) is 10.5. The predicted octanol–water partition coefficient (Wildman–Crippen LogP) is -3.02. The van der Waals surface area contributed by atoms with Crippen molar-refractivity contribution in [3.8, 4) is 5.75 Å². The Kier molecular flexibility index (Phi) is 4.66. The lowest BCUT2D eigenvalue weighted by Crippen LogP contribution is -3.00. The zero-order chi connectivity index (χ0) is 9.84. The SMILES string of the molecule is CC(=O)Oc1ccccc1C(=O)[O-].[Cl-]. The second-order valence-corrected chi connectivity index (χ2v) is 2.38. The van der Waals surface area contributed by atoms with E-state index in [1.807, 2.05) is 0 Å². The minimum atomic E-state index is -1.36. The molecule has 5 heteroatoms. The van der Waals surface area contributed by atoms with Gasteiger partial charge in [0.2, 0.25) is 0 Å². The van der Waals surface area contributed by atoms with Crippen LogP contribution < -0.4 is 22.3 Å². The number of benzene rings is 1. The third-order valence-electron chi connectivity index (χ3n) is 1.36. The molecule has 1 aromatic rings. The Hall–Kier alpha value is -1.55. The molecular weight excluding hydrogens is 208 g/mol.